The van der Waals surface area contributed by atoms with Gasteiger partial charge in [0.05, 0.1) is 11.4 Å². The van der Waals surface area contributed by atoms with E-state index >= 15 is 0 Å². The van der Waals surface area contributed by atoms with Crippen LogP contribution in [0.4, 0.5) is 5.69 Å². The van der Waals surface area contributed by atoms with E-state index in [-0.39, 0.29) is 11.9 Å². The predicted molar refractivity (Wildman–Crippen MR) is 103 cm³/mol. The molecule has 3 heterocycles. The number of rotatable bonds is 2. The molecule has 0 saturated heterocycles. The molecule has 1 aliphatic rings. The minimum atomic E-state index is -0.0504. The Labute approximate surface area is 154 Å². The van der Waals surface area contributed by atoms with Crippen molar-refractivity contribution in [1.82, 2.24) is 9.97 Å². The molecule has 6 heteroatoms. The van der Waals surface area contributed by atoms with E-state index in [1.54, 1.807) is 6.20 Å². The summed E-state index contributed by atoms with van der Waals surface area (Å²) in [4.78, 5) is 25.1. The molecule has 2 aromatic heterocycles. The Balaban J connectivity index is 1.70. The number of aromatic nitrogens is 2. The largest absolute Gasteiger partial charge is 0.302 e. The molecule has 1 aromatic carbocycles. The van der Waals surface area contributed by atoms with Crippen molar-refractivity contribution in [3.05, 3.63) is 59.7 Å². The summed E-state index contributed by atoms with van der Waals surface area (Å²) >= 11 is 3.27. The fourth-order valence-electron chi connectivity index (χ4n) is 2.88. The molecule has 126 valence electrons. The third-order valence-electron chi connectivity index (χ3n) is 4.35. The van der Waals surface area contributed by atoms with Crippen LogP contribution in [0.25, 0.3) is 10.7 Å². The summed E-state index contributed by atoms with van der Waals surface area (Å²) < 4.78 is 0. The number of para-hydroxylation sites is 1. The standard InChI is InChI=1S/C19H17N3OS2/c1-12-13(2)25-17-9-4-3-8-16(17)22(12)19(23)15-11-24-18(21-15)14-7-5-6-10-20-14/h3-13H,1-2H3/t12-,13-/m1/s1. The number of fused-ring (bicyclic) bond motifs is 1. The van der Waals surface area contributed by atoms with Crippen LogP contribution >= 0.6 is 23.1 Å². The second kappa shape index (κ2) is 6.61. The lowest BCUT2D eigenvalue weighted by molar-refractivity contribution is 0.0973. The highest BCUT2D eigenvalue weighted by Crippen LogP contribution is 2.42. The molecule has 2 atom stereocenters. The second-order valence-corrected chi connectivity index (χ2v) is 8.24. The SMILES string of the molecule is C[C@@H]1[C@@H](C)Sc2ccccc2N1C(=O)c1csc(-c2ccccn2)n1. The number of hydrogen-bond acceptors (Lipinski definition) is 5. The number of benzene rings is 1. The molecular formula is C19H17N3OS2. The van der Waals surface area contributed by atoms with Crippen molar-refractivity contribution in [2.45, 2.75) is 30.0 Å². The highest BCUT2D eigenvalue weighted by molar-refractivity contribution is 8.00. The molecule has 4 nitrogen and oxygen atoms in total. The van der Waals surface area contributed by atoms with Gasteiger partial charge in [-0.25, -0.2) is 4.98 Å². The molecule has 0 N–H and O–H groups in total. The van der Waals surface area contributed by atoms with Gasteiger partial charge in [-0.15, -0.1) is 23.1 Å². The number of hydrogen-bond donors (Lipinski definition) is 0. The van der Waals surface area contributed by atoms with E-state index in [0.29, 0.717) is 10.9 Å². The van der Waals surface area contributed by atoms with Crippen LogP contribution in [0.3, 0.4) is 0 Å². The van der Waals surface area contributed by atoms with Gasteiger partial charge in [-0.3, -0.25) is 9.78 Å². The Hall–Kier alpha value is -2.18. The maximum absolute atomic E-state index is 13.2. The van der Waals surface area contributed by atoms with Crippen LogP contribution in [-0.4, -0.2) is 27.2 Å². The number of thioether (sulfide) groups is 1. The molecule has 25 heavy (non-hydrogen) atoms. The highest BCUT2D eigenvalue weighted by Gasteiger charge is 2.34. The maximum atomic E-state index is 13.2. The molecule has 0 bridgehead atoms. The smallest absolute Gasteiger partial charge is 0.278 e. The second-order valence-electron chi connectivity index (χ2n) is 5.96. The van der Waals surface area contributed by atoms with Crippen LogP contribution in [0.2, 0.25) is 0 Å². The van der Waals surface area contributed by atoms with Crippen LogP contribution in [0.5, 0.6) is 0 Å². The first kappa shape index (κ1) is 16.3. The summed E-state index contributed by atoms with van der Waals surface area (Å²) in [5, 5.41) is 2.92. The van der Waals surface area contributed by atoms with E-state index in [0.717, 1.165) is 21.3 Å². The third kappa shape index (κ3) is 2.96. The number of carbonyl (C=O) groups is 1. The number of pyridine rings is 1. The van der Waals surface area contributed by atoms with Gasteiger partial charge < -0.3 is 4.90 Å². The zero-order valence-electron chi connectivity index (χ0n) is 13.9. The summed E-state index contributed by atoms with van der Waals surface area (Å²) in [6.45, 7) is 4.25. The molecule has 1 aliphatic heterocycles. The van der Waals surface area contributed by atoms with Gasteiger partial charge in [-0.1, -0.05) is 25.1 Å². The quantitative estimate of drug-likeness (QED) is 0.657. The van der Waals surface area contributed by atoms with Crippen LogP contribution < -0.4 is 4.90 Å². The van der Waals surface area contributed by atoms with E-state index < -0.39 is 0 Å². The predicted octanol–water partition coefficient (Wildman–Crippen LogP) is 4.73. The van der Waals surface area contributed by atoms with Gasteiger partial charge in [0.25, 0.3) is 5.91 Å². The first-order chi connectivity index (χ1) is 12.1. The fourth-order valence-corrected chi connectivity index (χ4v) is 4.81. The summed E-state index contributed by atoms with van der Waals surface area (Å²) in [5.74, 6) is -0.0504. The summed E-state index contributed by atoms with van der Waals surface area (Å²) in [5.41, 5.74) is 2.24. The van der Waals surface area contributed by atoms with Gasteiger partial charge in [0.1, 0.15) is 10.7 Å². The molecule has 0 aliphatic carbocycles. The Morgan fingerprint density at radius 2 is 1.92 bits per heavy atom. The fraction of sp³-hybridized carbons (Fsp3) is 0.211. The normalized spacial score (nSPS) is 19.5. The van der Waals surface area contributed by atoms with Gasteiger partial charge in [0, 0.05) is 27.8 Å². The van der Waals surface area contributed by atoms with E-state index in [1.807, 2.05) is 58.4 Å². The molecule has 0 spiro atoms. The minimum Gasteiger partial charge on any atom is -0.302 e. The molecule has 0 unspecified atom stereocenters. The summed E-state index contributed by atoms with van der Waals surface area (Å²) in [6.07, 6.45) is 1.74. The van der Waals surface area contributed by atoms with Gasteiger partial charge in [0.2, 0.25) is 0 Å². The Bertz CT molecular complexity index is 910. The molecule has 4 rings (SSSR count). The molecule has 0 radical (unpaired) electrons. The van der Waals surface area contributed by atoms with E-state index in [1.165, 1.54) is 11.3 Å². The number of amides is 1. The van der Waals surface area contributed by atoms with Crippen molar-refractivity contribution in [2.24, 2.45) is 0 Å². The average Bonchev–Trinajstić information content (AvgIpc) is 3.13. The lowest BCUT2D eigenvalue weighted by atomic mass is 10.1. The van der Waals surface area contributed by atoms with Crippen molar-refractivity contribution in [1.29, 1.82) is 0 Å². The van der Waals surface area contributed by atoms with Gasteiger partial charge >= 0.3 is 0 Å². The lowest BCUT2D eigenvalue weighted by Crippen LogP contribution is -2.46. The average molecular weight is 367 g/mol. The van der Waals surface area contributed by atoms with Crippen LogP contribution in [0, 0.1) is 0 Å². The van der Waals surface area contributed by atoms with E-state index in [2.05, 4.69) is 29.9 Å². The first-order valence-corrected chi connectivity index (χ1v) is 9.87. The van der Waals surface area contributed by atoms with Crippen LogP contribution in [-0.2, 0) is 0 Å². The minimum absolute atomic E-state index is 0.0504. The zero-order chi connectivity index (χ0) is 17.4. The number of thiazole rings is 1. The Morgan fingerprint density at radius 1 is 1.12 bits per heavy atom. The maximum Gasteiger partial charge on any atom is 0.278 e. The van der Waals surface area contributed by atoms with Gasteiger partial charge in [0.15, 0.2) is 0 Å². The van der Waals surface area contributed by atoms with Gasteiger partial charge in [-0.05, 0) is 31.2 Å². The topological polar surface area (TPSA) is 46.1 Å². The molecule has 3 aromatic rings. The van der Waals surface area contributed by atoms with Crippen molar-refractivity contribution < 1.29 is 4.79 Å². The molecule has 0 saturated carbocycles. The molecular weight excluding hydrogens is 350 g/mol. The molecule has 0 fully saturated rings. The van der Waals surface area contributed by atoms with Crippen LogP contribution in [0.15, 0.2) is 58.9 Å². The van der Waals surface area contributed by atoms with Crippen LogP contribution in [0.1, 0.15) is 24.3 Å². The molecule has 1 amide bonds. The van der Waals surface area contributed by atoms with E-state index in [4.69, 9.17) is 0 Å². The third-order valence-corrected chi connectivity index (χ3v) is 6.58. The van der Waals surface area contributed by atoms with E-state index in [9.17, 15) is 4.79 Å². The Kier molecular flexibility index (Phi) is 4.31. The first-order valence-electron chi connectivity index (χ1n) is 8.11. The van der Waals surface area contributed by atoms with Crippen molar-refractivity contribution >= 4 is 34.7 Å². The summed E-state index contributed by atoms with van der Waals surface area (Å²) in [6, 6.07) is 13.9. The van der Waals surface area contributed by atoms with Crippen molar-refractivity contribution in [3.63, 3.8) is 0 Å². The number of anilines is 1. The lowest BCUT2D eigenvalue weighted by Gasteiger charge is -2.38. The summed E-state index contributed by atoms with van der Waals surface area (Å²) in [7, 11) is 0. The monoisotopic (exact) mass is 367 g/mol. The van der Waals surface area contributed by atoms with Crippen molar-refractivity contribution in [3.8, 4) is 10.7 Å². The number of nitrogens with zero attached hydrogens (tertiary/aromatic N) is 3. The zero-order valence-corrected chi connectivity index (χ0v) is 15.6. The van der Waals surface area contributed by atoms with Gasteiger partial charge in [-0.2, -0.15) is 0 Å². The van der Waals surface area contributed by atoms with Crippen molar-refractivity contribution in [2.75, 3.05) is 4.90 Å². The highest BCUT2D eigenvalue weighted by atomic mass is 32.2. The number of carbonyl (C=O) groups excluding carboxylic acids is 1. The Morgan fingerprint density at radius 3 is 2.72 bits per heavy atom.